The standard InChI is InChI=1S/C7H4Br2F3NO/c8-4-1-13-2-5(9)6(4)14-3-7(10,11)12/h1-2H,3H2. The van der Waals surface area contributed by atoms with E-state index in [-0.39, 0.29) is 5.75 Å². The molecule has 0 saturated carbocycles. The average Bonchev–Trinajstić information content (AvgIpc) is 2.01. The van der Waals surface area contributed by atoms with Crippen LogP contribution in [0.3, 0.4) is 0 Å². The Hall–Kier alpha value is -0.300. The molecule has 0 N–H and O–H groups in total. The number of hydrogen-bond acceptors (Lipinski definition) is 2. The summed E-state index contributed by atoms with van der Waals surface area (Å²) in [4.78, 5) is 3.73. The molecule has 2 nitrogen and oxygen atoms in total. The molecule has 0 fully saturated rings. The van der Waals surface area contributed by atoms with Gasteiger partial charge in [0.1, 0.15) is 0 Å². The topological polar surface area (TPSA) is 22.1 Å². The number of hydrogen-bond donors (Lipinski definition) is 0. The number of rotatable bonds is 2. The molecule has 0 aliphatic carbocycles. The highest BCUT2D eigenvalue weighted by molar-refractivity contribution is 9.11. The first-order valence-electron chi connectivity index (χ1n) is 3.39. The van der Waals surface area contributed by atoms with Crippen LogP contribution in [0, 0.1) is 0 Å². The molecular formula is C7H4Br2F3NO. The maximum atomic E-state index is 11.8. The first kappa shape index (κ1) is 11.8. The van der Waals surface area contributed by atoms with Crippen LogP contribution < -0.4 is 4.74 Å². The van der Waals surface area contributed by atoms with Crippen LogP contribution >= 0.6 is 31.9 Å². The van der Waals surface area contributed by atoms with Crippen LogP contribution in [-0.4, -0.2) is 17.8 Å². The monoisotopic (exact) mass is 333 g/mol. The van der Waals surface area contributed by atoms with Crippen molar-refractivity contribution in [2.45, 2.75) is 6.18 Å². The van der Waals surface area contributed by atoms with Crippen molar-refractivity contribution in [1.82, 2.24) is 4.98 Å². The lowest BCUT2D eigenvalue weighted by molar-refractivity contribution is -0.153. The molecule has 7 heteroatoms. The Labute approximate surface area is 94.7 Å². The van der Waals surface area contributed by atoms with Gasteiger partial charge in [-0.1, -0.05) is 0 Å². The first-order chi connectivity index (χ1) is 6.40. The third-order valence-corrected chi connectivity index (χ3v) is 2.32. The largest absolute Gasteiger partial charge is 0.482 e. The molecule has 1 rings (SSSR count). The van der Waals surface area contributed by atoms with Gasteiger partial charge in [-0.15, -0.1) is 0 Å². The zero-order chi connectivity index (χ0) is 10.8. The molecule has 1 aromatic rings. The number of alkyl halides is 3. The lowest BCUT2D eigenvalue weighted by atomic mass is 10.4. The van der Waals surface area contributed by atoms with E-state index in [0.29, 0.717) is 8.95 Å². The normalized spacial score (nSPS) is 11.5. The Morgan fingerprint density at radius 3 is 2.14 bits per heavy atom. The molecular weight excluding hydrogens is 331 g/mol. The highest BCUT2D eigenvalue weighted by Crippen LogP contribution is 2.33. The molecule has 0 aliphatic heterocycles. The highest BCUT2D eigenvalue weighted by atomic mass is 79.9. The molecule has 1 aromatic heterocycles. The highest BCUT2D eigenvalue weighted by Gasteiger charge is 2.29. The summed E-state index contributed by atoms with van der Waals surface area (Å²) in [5.41, 5.74) is 0. The van der Waals surface area contributed by atoms with Gasteiger partial charge in [0, 0.05) is 12.4 Å². The second-order valence-corrected chi connectivity index (χ2v) is 4.04. The van der Waals surface area contributed by atoms with Crippen LogP contribution in [-0.2, 0) is 0 Å². The van der Waals surface area contributed by atoms with Gasteiger partial charge in [0.05, 0.1) is 8.95 Å². The van der Waals surface area contributed by atoms with Gasteiger partial charge in [0.25, 0.3) is 0 Å². The Kier molecular flexibility index (Phi) is 3.77. The van der Waals surface area contributed by atoms with Crippen molar-refractivity contribution in [3.63, 3.8) is 0 Å². The van der Waals surface area contributed by atoms with E-state index in [1.165, 1.54) is 12.4 Å². The van der Waals surface area contributed by atoms with Gasteiger partial charge in [0.15, 0.2) is 12.4 Å². The zero-order valence-electron chi connectivity index (χ0n) is 6.61. The van der Waals surface area contributed by atoms with E-state index in [4.69, 9.17) is 0 Å². The van der Waals surface area contributed by atoms with Crippen LogP contribution in [0.2, 0.25) is 0 Å². The fourth-order valence-corrected chi connectivity index (χ4v) is 1.85. The number of aromatic nitrogens is 1. The Balaban J connectivity index is 2.77. The van der Waals surface area contributed by atoms with Crippen LogP contribution in [0.4, 0.5) is 13.2 Å². The van der Waals surface area contributed by atoms with E-state index in [9.17, 15) is 13.2 Å². The van der Waals surface area contributed by atoms with Crippen LogP contribution in [0.25, 0.3) is 0 Å². The number of ether oxygens (including phenoxy) is 1. The fraction of sp³-hybridized carbons (Fsp3) is 0.286. The maximum Gasteiger partial charge on any atom is 0.422 e. The molecule has 14 heavy (non-hydrogen) atoms. The van der Waals surface area contributed by atoms with Crippen molar-refractivity contribution < 1.29 is 17.9 Å². The van der Waals surface area contributed by atoms with E-state index >= 15 is 0 Å². The molecule has 0 radical (unpaired) electrons. The van der Waals surface area contributed by atoms with Gasteiger partial charge in [-0.3, -0.25) is 4.98 Å². The van der Waals surface area contributed by atoms with Crippen LogP contribution in [0.1, 0.15) is 0 Å². The fourth-order valence-electron chi connectivity index (χ4n) is 0.691. The number of nitrogens with zero attached hydrogens (tertiary/aromatic N) is 1. The van der Waals surface area contributed by atoms with Crippen molar-refractivity contribution in [2.24, 2.45) is 0 Å². The molecule has 0 unspecified atom stereocenters. The quantitative estimate of drug-likeness (QED) is 0.825. The predicted molar refractivity (Wildman–Crippen MR) is 51.2 cm³/mol. The third kappa shape index (κ3) is 3.45. The van der Waals surface area contributed by atoms with Gasteiger partial charge in [0.2, 0.25) is 0 Å². The maximum absolute atomic E-state index is 11.8. The summed E-state index contributed by atoms with van der Waals surface area (Å²) in [5, 5.41) is 0. The van der Waals surface area contributed by atoms with Crippen molar-refractivity contribution in [2.75, 3.05) is 6.61 Å². The summed E-state index contributed by atoms with van der Waals surface area (Å²) < 4.78 is 40.8. The summed E-state index contributed by atoms with van der Waals surface area (Å²) in [7, 11) is 0. The first-order valence-corrected chi connectivity index (χ1v) is 4.97. The Bertz CT molecular complexity index is 309. The van der Waals surface area contributed by atoms with E-state index in [1.54, 1.807) is 0 Å². The average molecular weight is 335 g/mol. The second kappa shape index (κ2) is 4.48. The van der Waals surface area contributed by atoms with E-state index in [2.05, 4.69) is 41.6 Å². The van der Waals surface area contributed by atoms with Crippen LogP contribution in [0.5, 0.6) is 5.75 Å². The second-order valence-electron chi connectivity index (χ2n) is 2.34. The molecule has 1 heterocycles. The number of pyridine rings is 1. The minimum atomic E-state index is -4.35. The molecule has 0 aliphatic rings. The molecule has 0 aromatic carbocycles. The summed E-state index contributed by atoms with van der Waals surface area (Å²) in [6, 6.07) is 0. The van der Waals surface area contributed by atoms with Gasteiger partial charge in [-0.2, -0.15) is 13.2 Å². The molecule has 0 bridgehead atoms. The van der Waals surface area contributed by atoms with Gasteiger partial charge < -0.3 is 4.74 Å². The van der Waals surface area contributed by atoms with Crippen LogP contribution in [0.15, 0.2) is 21.3 Å². The minimum Gasteiger partial charge on any atom is -0.482 e. The molecule has 78 valence electrons. The Morgan fingerprint density at radius 1 is 1.21 bits per heavy atom. The van der Waals surface area contributed by atoms with Gasteiger partial charge >= 0.3 is 6.18 Å². The number of halogens is 5. The smallest absolute Gasteiger partial charge is 0.422 e. The van der Waals surface area contributed by atoms with Gasteiger partial charge in [-0.25, -0.2) is 0 Å². The SMILES string of the molecule is FC(F)(F)COc1c(Br)cncc1Br. The van der Waals surface area contributed by atoms with E-state index in [0.717, 1.165) is 0 Å². The summed E-state index contributed by atoms with van der Waals surface area (Å²) in [5.74, 6) is 0.0947. The lowest BCUT2D eigenvalue weighted by Crippen LogP contribution is -2.19. The zero-order valence-corrected chi connectivity index (χ0v) is 9.78. The molecule has 0 saturated heterocycles. The molecule has 0 amide bonds. The summed E-state index contributed by atoms with van der Waals surface area (Å²) >= 11 is 6.06. The summed E-state index contributed by atoms with van der Waals surface area (Å²) in [6.45, 7) is -1.33. The Morgan fingerprint density at radius 2 is 1.71 bits per heavy atom. The molecule has 0 spiro atoms. The minimum absolute atomic E-state index is 0.0947. The van der Waals surface area contributed by atoms with Gasteiger partial charge in [-0.05, 0) is 31.9 Å². The summed E-state index contributed by atoms with van der Waals surface area (Å²) in [6.07, 6.45) is -1.63. The van der Waals surface area contributed by atoms with Crippen molar-refractivity contribution in [3.05, 3.63) is 21.3 Å². The van der Waals surface area contributed by atoms with Crippen molar-refractivity contribution >= 4 is 31.9 Å². The third-order valence-electron chi connectivity index (χ3n) is 1.19. The van der Waals surface area contributed by atoms with Crippen molar-refractivity contribution in [1.29, 1.82) is 0 Å². The predicted octanol–water partition coefficient (Wildman–Crippen LogP) is 3.55. The van der Waals surface area contributed by atoms with E-state index in [1.807, 2.05) is 0 Å². The molecule has 0 atom stereocenters. The van der Waals surface area contributed by atoms with E-state index < -0.39 is 12.8 Å². The van der Waals surface area contributed by atoms with Crippen molar-refractivity contribution in [3.8, 4) is 5.75 Å². The lowest BCUT2D eigenvalue weighted by Gasteiger charge is -2.11.